The summed E-state index contributed by atoms with van der Waals surface area (Å²) in [6, 6.07) is 4.42. The van der Waals surface area contributed by atoms with Crippen LogP contribution in [0.4, 0.5) is 0 Å². The molecule has 1 aromatic rings. The smallest absolute Gasteiger partial charge is 0.165 e. The highest BCUT2D eigenvalue weighted by Crippen LogP contribution is 2.65. The van der Waals surface area contributed by atoms with Gasteiger partial charge in [-0.25, -0.2) is 0 Å². The van der Waals surface area contributed by atoms with Crippen LogP contribution in [0.25, 0.3) is 0 Å². The molecule has 1 N–H and O–H groups in total. The van der Waals surface area contributed by atoms with E-state index in [2.05, 4.69) is 18.0 Å². The van der Waals surface area contributed by atoms with Gasteiger partial charge in [-0.2, -0.15) is 0 Å². The maximum absolute atomic E-state index is 11.8. The van der Waals surface area contributed by atoms with Crippen molar-refractivity contribution in [3.8, 4) is 11.5 Å². The number of hydrogen-bond acceptors (Lipinski definition) is 4. The number of hydrogen-bond donors (Lipinski definition) is 1. The van der Waals surface area contributed by atoms with Crippen LogP contribution in [0.2, 0.25) is 0 Å². The zero-order valence-electron chi connectivity index (χ0n) is 13.3. The molecule has 2 heterocycles. The summed E-state index contributed by atoms with van der Waals surface area (Å²) in [6.45, 7) is 1.03. The molecule has 4 nitrogen and oxygen atoms in total. The molecule has 4 atom stereocenters. The first-order chi connectivity index (χ1) is 10.6. The summed E-state index contributed by atoms with van der Waals surface area (Å²) < 4.78 is 11.9. The Morgan fingerprint density at radius 2 is 2.23 bits per heavy atom. The zero-order valence-corrected chi connectivity index (χ0v) is 13.3. The van der Waals surface area contributed by atoms with Crippen molar-refractivity contribution in [3.05, 3.63) is 23.3 Å². The molecule has 4 heteroatoms. The quantitative estimate of drug-likeness (QED) is 0.860. The Hall–Kier alpha value is -1.26. The third kappa shape index (κ3) is 1.21. The Balaban J connectivity index is 1.84. The number of piperidine rings is 1. The molecule has 5 rings (SSSR count). The average Bonchev–Trinajstić information content (AvgIpc) is 2.85. The summed E-state index contributed by atoms with van der Waals surface area (Å²) in [5, 5.41) is 11.8. The fourth-order valence-corrected chi connectivity index (χ4v) is 5.90. The number of rotatable bonds is 1. The molecule has 0 amide bonds. The number of likely N-dealkylation sites (N-methyl/N-ethyl adjacent to an activating group) is 1. The van der Waals surface area contributed by atoms with Gasteiger partial charge in [0.05, 0.1) is 18.1 Å². The van der Waals surface area contributed by atoms with Gasteiger partial charge in [-0.3, -0.25) is 0 Å². The molecule has 1 unspecified atom stereocenters. The summed E-state index contributed by atoms with van der Waals surface area (Å²) in [5.74, 6) is 1.73. The molecule has 0 aromatic heterocycles. The number of ether oxygens (including phenoxy) is 2. The first-order valence-corrected chi connectivity index (χ1v) is 8.41. The Morgan fingerprint density at radius 1 is 1.36 bits per heavy atom. The maximum atomic E-state index is 11.8. The molecular weight excluding hydrogens is 278 g/mol. The van der Waals surface area contributed by atoms with Crippen LogP contribution in [0, 0.1) is 0 Å². The molecule has 0 radical (unpaired) electrons. The number of methoxy groups -OCH3 is 1. The van der Waals surface area contributed by atoms with Gasteiger partial charge in [0, 0.05) is 11.6 Å². The van der Waals surface area contributed by atoms with Crippen LogP contribution >= 0.6 is 0 Å². The SMILES string of the molecule is COc1ccc2c3c1OC1CCC[C@@]4(O)[C@@H](C2)N(C)CC[C@]314. The van der Waals surface area contributed by atoms with E-state index >= 15 is 0 Å². The highest BCUT2D eigenvalue weighted by atomic mass is 16.5. The largest absolute Gasteiger partial charge is 0.493 e. The third-order valence-corrected chi connectivity index (χ3v) is 6.84. The normalized spacial score (nSPS) is 41.8. The van der Waals surface area contributed by atoms with E-state index in [-0.39, 0.29) is 17.6 Å². The van der Waals surface area contributed by atoms with Gasteiger partial charge in [-0.15, -0.1) is 0 Å². The number of benzene rings is 1. The molecule has 1 saturated heterocycles. The molecule has 2 bridgehead atoms. The predicted molar refractivity (Wildman–Crippen MR) is 82.6 cm³/mol. The Morgan fingerprint density at radius 3 is 3.05 bits per heavy atom. The Kier molecular flexibility index (Phi) is 2.39. The summed E-state index contributed by atoms with van der Waals surface area (Å²) in [6.07, 6.45) is 4.96. The fraction of sp³-hybridized carbons (Fsp3) is 0.667. The first kappa shape index (κ1) is 13.2. The predicted octanol–water partition coefficient (Wildman–Crippen LogP) is 1.87. The standard InChI is InChI=1S/C18H23NO3/c1-19-9-8-17-14-4-3-7-18(17,20)13(19)10-11-5-6-12(21-2)16(22-14)15(11)17/h5-6,13-14,20H,3-4,7-10H2,1-2H3/t13-,14?,17-,18-/m1/s1. The van der Waals surface area contributed by atoms with E-state index < -0.39 is 5.60 Å². The minimum absolute atomic E-state index is 0.104. The van der Waals surface area contributed by atoms with Crippen LogP contribution in [0.15, 0.2) is 12.1 Å². The van der Waals surface area contributed by atoms with E-state index in [9.17, 15) is 5.11 Å². The first-order valence-electron chi connectivity index (χ1n) is 8.41. The molecule has 2 aliphatic heterocycles. The van der Waals surface area contributed by atoms with E-state index in [0.717, 1.165) is 50.1 Å². The van der Waals surface area contributed by atoms with Crippen molar-refractivity contribution in [2.45, 2.75) is 55.3 Å². The van der Waals surface area contributed by atoms with Crippen molar-refractivity contribution in [1.29, 1.82) is 0 Å². The molecule has 1 saturated carbocycles. The summed E-state index contributed by atoms with van der Waals surface area (Å²) in [4.78, 5) is 2.36. The minimum Gasteiger partial charge on any atom is -0.493 e. The highest BCUT2D eigenvalue weighted by molar-refractivity contribution is 5.62. The van der Waals surface area contributed by atoms with Gasteiger partial charge in [0.15, 0.2) is 11.5 Å². The summed E-state index contributed by atoms with van der Waals surface area (Å²) >= 11 is 0. The second kappa shape index (κ2) is 3.98. The van der Waals surface area contributed by atoms with Gasteiger partial charge in [-0.1, -0.05) is 6.07 Å². The Bertz CT molecular complexity index is 660. The van der Waals surface area contributed by atoms with Crippen molar-refractivity contribution in [2.24, 2.45) is 0 Å². The third-order valence-electron chi connectivity index (χ3n) is 6.84. The van der Waals surface area contributed by atoms with E-state index in [1.165, 1.54) is 11.1 Å². The zero-order chi connectivity index (χ0) is 15.1. The second-order valence-electron chi connectivity index (χ2n) is 7.48. The lowest BCUT2D eigenvalue weighted by Gasteiger charge is -2.62. The molecule has 2 fully saturated rings. The van der Waals surface area contributed by atoms with E-state index in [4.69, 9.17) is 9.47 Å². The van der Waals surface area contributed by atoms with Crippen LogP contribution in [-0.2, 0) is 11.8 Å². The van der Waals surface area contributed by atoms with Gasteiger partial charge in [0.25, 0.3) is 0 Å². The topological polar surface area (TPSA) is 41.9 Å². The van der Waals surface area contributed by atoms with Gasteiger partial charge >= 0.3 is 0 Å². The molecular formula is C18H23NO3. The van der Waals surface area contributed by atoms with Gasteiger partial charge in [-0.05, 0) is 57.3 Å². The number of likely N-dealkylation sites (tertiary alicyclic amines) is 1. The van der Waals surface area contributed by atoms with Crippen molar-refractivity contribution >= 4 is 0 Å². The average molecular weight is 301 g/mol. The van der Waals surface area contributed by atoms with Crippen molar-refractivity contribution in [2.75, 3.05) is 20.7 Å². The summed E-state index contributed by atoms with van der Waals surface area (Å²) in [5.41, 5.74) is 1.73. The number of aliphatic hydroxyl groups is 1. The lowest BCUT2D eigenvalue weighted by atomic mass is 9.49. The molecule has 22 heavy (non-hydrogen) atoms. The van der Waals surface area contributed by atoms with Crippen molar-refractivity contribution < 1.29 is 14.6 Å². The van der Waals surface area contributed by atoms with Crippen LogP contribution in [0.1, 0.15) is 36.8 Å². The van der Waals surface area contributed by atoms with Gasteiger partial charge < -0.3 is 19.5 Å². The molecule has 1 aromatic carbocycles. The lowest BCUT2D eigenvalue weighted by molar-refractivity contribution is -0.180. The van der Waals surface area contributed by atoms with E-state index in [1.54, 1.807) is 7.11 Å². The summed E-state index contributed by atoms with van der Waals surface area (Å²) in [7, 11) is 3.86. The molecule has 4 aliphatic rings. The molecule has 1 spiro atoms. The lowest BCUT2D eigenvalue weighted by Crippen LogP contribution is -2.74. The Labute approximate surface area is 131 Å². The van der Waals surface area contributed by atoms with Crippen molar-refractivity contribution in [3.63, 3.8) is 0 Å². The second-order valence-corrected chi connectivity index (χ2v) is 7.48. The fourth-order valence-electron chi connectivity index (χ4n) is 5.90. The van der Waals surface area contributed by atoms with Crippen molar-refractivity contribution in [1.82, 2.24) is 4.90 Å². The van der Waals surface area contributed by atoms with Gasteiger partial charge in [0.2, 0.25) is 0 Å². The van der Waals surface area contributed by atoms with Gasteiger partial charge in [0.1, 0.15) is 6.10 Å². The molecule has 2 aliphatic carbocycles. The molecule has 118 valence electrons. The van der Waals surface area contributed by atoms with Crippen LogP contribution in [0.5, 0.6) is 11.5 Å². The highest BCUT2D eigenvalue weighted by Gasteiger charge is 2.70. The van der Waals surface area contributed by atoms with Crippen LogP contribution < -0.4 is 9.47 Å². The van der Waals surface area contributed by atoms with Crippen LogP contribution in [-0.4, -0.2) is 48.5 Å². The monoisotopic (exact) mass is 301 g/mol. The maximum Gasteiger partial charge on any atom is 0.165 e. The van der Waals surface area contributed by atoms with E-state index in [0.29, 0.717) is 0 Å². The minimum atomic E-state index is -0.659. The van der Waals surface area contributed by atoms with Crippen LogP contribution in [0.3, 0.4) is 0 Å². The van der Waals surface area contributed by atoms with E-state index in [1.807, 2.05) is 6.07 Å². The number of nitrogens with zero attached hydrogens (tertiary/aromatic N) is 1.